The summed E-state index contributed by atoms with van der Waals surface area (Å²) in [4.78, 5) is 60.6. The third kappa shape index (κ3) is 10.6. The number of carbonyl (C=O) groups excluding carboxylic acids is 4. The van der Waals surface area contributed by atoms with E-state index in [9.17, 15) is 34.2 Å². The minimum Gasteiger partial charge on any atom is -0.508 e. The Kier molecular flexibility index (Phi) is 12.0. The molecule has 9 N–H and O–H groups in total. The molecule has 0 saturated heterocycles. The molecule has 35 heavy (non-hydrogen) atoms. The molecule has 194 valence electrons. The van der Waals surface area contributed by atoms with Gasteiger partial charge < -0.3 is 37.6 Å². The molecule has 0 aliphatic rings. The second kappa shape index (κ2) is 14.2. The van der Waals surface area contributed by atoms with Gasteiger partial charge in [-0.1, -0.05) is 26.0 Å². The first kappa shape index (κ1) is 29.7. The van der Waals surface area contributed by atoms with Gasteiger partial charge in [-0.15, -0.1) is 0 Å². The van der Waals surface area contributed by atoms with E-state index in [4.69, 9.17) is 11.5 Å². The van der Waals surface area contributed by atoms with Crippen LogP contribution in [0, 0.1) is 5.92 Å². The number of aliphatic carboxylic acids is 1. The topological polar surface area (TPSA) is 214 Å². The maximum atomic E-state index is 12.9. The summed E-state index contributed by atoms with van der Waals surface area (Å²) >= 11 is 4.08. The molecule has 12 nitrogen and oxygen atoms in total. The van der Waals surface area contributed by atoms with Gasteiger partial charge in [0.2, 0.25) is 23.6 Å². The van der Waals surface area contributed by atoms with E-state index in [0.29, 0.717) is 5.56 Å². The van der Waals surface area contributed by atoms with Crippen molar-refractivity contribution < 1.29 is 34.2 Å². The number of carboxylic acid groups (broad SMARTS) is 1. The molecule has 1 aromatic carbocycles. The van der Waals surface area contributed by atoms with Crippen LogP contribution in [-0.2, 0) is 30.4 Å². The number of carbonyl (C=O) groups is 5. The first-order valence-corrected chi connectivity index (χ1v) is 11.5. The number of aromatic hydroxyl groups is 1. The SMILES string of the molecule is CC(C)CC(NC(=O)C(N)CC(N)=O)C(=O)NC(CS)C(=O)NC(Cc1ccc(O)cc1)C(=O)O. The van der Waals surface area contributed by atoms with Crippen molar-refractivity contribution in [1.29, 1.82) is 0 Å². The highest BCUT2D eigenvalue weighted by Gasteiger charge is 2.30. The fourth-order valence-corrected chi connectivity index (χ4v) is 3.35. The number of rotatable bonds is 14. The van der Waals surface area contributed by atoms with E-state index in [1.807, 2.05) is 13.8 Å². The molecule has 0 aliphatic heterocycles. The fourth-order valence-electron chi connectivity index (χ4n) is 3.10. The summed E-state index contributed by atoms with van der Waals surface area (Å²) in [7, 11) is 0. The molecule has 13 heteroatoms. The van der Waals surface area contributed by atoms with Crippen molar-refractivity contribution in [2.75, 3.05) is 5.75 Å². The number of phenolic OH excluding ortho intramolecular Hbond substituents is 1. The average Bonchev–Trinajstić information content (AvgIpc) is 2.76. The number of primary amides is 1. The molecule has 1 aromatic rings. The normalized spacial score (nSPS) is 14.3. The van der Waals surface area contributed by atoms with Gasteiger partial charge in [-0.25, -0.2) is 4.79 Å². The number of amides is 4. The minimum atomic E-state index is -1.30. The highest BCUT2D eigenvalue weighted by Crippen LogP contribution is 2.12. The lowest BCUT2D eigenvalue weighted by atomic mass is 10.0. The van der Waals surface area contributed by atoms with E-state index in [0.717, 1.165) is 0 Å². The Hall–Kier alpha value is -3.32. The smallest absolute Gasteiger partial charge is 0.326 e. The van der Waals surface area contributed by atoms with Crippen LogP contribution < -0.4 is 27.4 Å². The van der Waals surface area contributed by atoms with Crippen molar-refractivity contribution in [1.82, 2.24) is 16.0 Å². The summed E-state index contributed by atoms with van der Waals surface area (Å²) in [6, 6.07) is 1.03. The van der Waals surface area contributed by atoms with Crippen molar-refractivity contribution in [3.8, 4) is 5.75 Å². The monoisotopic (exact) mass is 511 g/mol. The summed E-state index contributed by atoms with van der Waals surface area (Å²) in [5, 5.41) is 26.2. The van der Waals surface area contributed by atoms with E-state index in [-0.39, 0.29) is 30.3 Å². The van der Waals surface area contributed by atoms with Gasteiger partial charge >= 0.3 is 5.97 Å². The third-order valence-electron chi connectivity index (χ3n) is 4.90. The van der Waals surface area contributed by atoms with Crippen LogP contribution in [0.15, 0.2) is 24.3 Å². The van der Waals surface area contributed by atoms with Crippen molar-refractivity contribution in [2.45, 2.75) is 57.3 Å². The van der Waals surface area contributed by atoms with Gasteiger partial charge in [0.05, 0.1) is 12.5 Å². The number of hydrogen-bond donors (Lipinski definition) is 8. The Labute approximate surface area is 208 Å². The van der Waals surface area contributed by atoms with Crippen LogP contribution in [0.5, 0.6) is 5.75 Å². The molecule has 0 radical (unpaired) electrons. The van der Waals surface area contributed by atoms with Crippen LogP contribution in [-0.4, -0.2) is 69.7 Å². The second-order valence-electron chi connectivity index (χ2n) is 8.48. The molecule has 0 fully saturated rings. The predicted octanol–water partition coefficient (Wildman–Crippen LogP) is -1.35. The highest BCUT2D eigenvalue weighted by molar-refractivity contribution is 7.80. The Morgan fingerprint density at radius 2 is 1.43 bits per heavy atom. The molecular weight excluding hydrogens is 478 g/mol. The summed E-state index contributed by atoms with van der Waals surface area (Å²) < 4.78 is 0. The van der Waals surface area contributed by atoms with E-state index in [1.165, 1.54) is 24.3 Å². The van der Waals surface area contributed by atoms with Crippen LogP contribution in [0.2, 0.25) is 0 Å². The van der Waals surface area contributed by atoms with Gasteiger partial charge in [-0.05, 0) is 30.0 Å². The fraction of sp³-hybridized carbons (Fsp3) is 0.500. The summed E-state index contributed by atoms with van der Waals surface area (Å²) in [5.41, 5.74) is 11.3. The average molecular weight is 512 g/mol. The standard InChI is InChI=1S/C22H33N5O7S/c1-11(2)7-15(25-19(30)14(23)9-18(24)29)20(31)27-17(10-35)21(32)26-16(22(33)34)8-12-3-5-13(28)6-4-12/h3-6,11,14-17,28,35H,7-10,23H2,1-2H3,(H2,24,29)(H,25,30)(H,26,32)(H,27,31)(H,33,34). The number of benzene rings is 1. The molecule has 0 spiro atoms. The number of carboxylic acids is 1. The van der Waals surface area contributed by atoms with Gasteiger partial charge in [0, 0.05) is 12.2 Å². The first-order valence-electron chi connectivity index (χ1n) is 10.9. The van der Waals surface area contributed by atoms with Crippen LogP contribution in [0.25, 0.3) is 0 Å². The van der Waals surface area contributed by atoms with E-state index in [2.05, 4.69) is 28.6 Å². The first-order chi connectivity index (χ1) is 16.3. The molecule has 1 rings (SSSR count). The van der Waals surface area contributed by atoms with Crippen LogP contribution in [0.3, 0.4) is 0 Å². The van der Waals surface area contributed by atoms with Gasteiger partial charge in [-0.3, -0.25) is 19.2 Å². The second-order valence-corrected chi connectivity index (χ2v) is 8.85. The minimum absolute atomic E-state index is 0.0149. The summed E-state index contributed by atoms with van der Waals surface area (Å²) in [6.45, 7) is 3.64. The van der Waals surface area contributed by atoms with Gasteiger partial charge in [0.25, 0.3) is 0 Å². The lowest BCUT2D eigenvalue weighted by molar-refractivity contribution is -0.142. The number of thiol groups is 1. The number of nitrogens with one attached hydrogen (secondary N) is 3. The number of nitrogens with two attached hydrogens (primary N) is 2. The maximum Gasteiger partial charge on any atom is 0.326 e. The van der Waals surface area contributed by atoms with E-state index in [1.54, 1.807) is 0 Å². The van der Waals surface area contributed by atoms with Crippen molar-refractivity contribution in [3.05, 3.63) is 29.8 Å². The molecule has 4 amide bonds. The zero-order valence-electron chi connectivity index (χ0n) is 19.6. The van der Waals surface area contributed by atoms with Crippen LogP contribution in [0.1, 0.15) is 32.3 Å². The zero-order chi connectivity index (χ0) is 26.7. The summed E-state index contributed by atoms with van der Waals surface area (Å²) in [5.74, 6) is -4.45. The molecule has 0 saturated carbocycles. The molecule has 0 heterocycles. The molecule has 4 unspecified atom stereocenters. The van der Waals surface area contributed by atoms with Gasteiger partial charge in [0.1, 0.15) is 23.9 Å². The quantitative estimate of drug-likeness (QED) is 0.139. The molecule has 0 aromatic heterocycles. The van der Waals surface area contributed by atoms with Crippen LogP contribution in [0.4, 0.5) is 0 Å². The number of phenols is 1. The predicted molar refractivity (Wildman–Crippen MR) is 130 cm³/mol. The zero-order valence-corrected chi connectivity index (χ0v) is 20.5. The van der Waals surface area contributed by atoms with Crippen molar-refractivity contribution in [3.63, 3.8) is 0 Å². The summed E-state index contributed by atoms with van der Waals surface area (Å²) in [6.07, 6.45) is -0.250. The highest BCUT2D eigenvalue weighted by atomic mass is 32.1. The molecular formula is C22H33N5O7S. The Morgan fingerprint density at radius 3 is 1.91 bits per heavy atom. The Balaban J connectivity index is 2.88. The van der Waals surface area contributed by atoms with E-state index >= 15 is 0 Å². The maximum absolute atomic E-state index is 12.9. The largest absolute Gasteiger partial charge is 0.508 e. The van der Waals surface area contributed by atoms with Gasteiger partial charge in [0.15, 0.2) is 0 Å². The van der Waals surface area contributed by atoms with Crippen molar-refractivity contribution in [2.24, 2.45) is 17.4 Å². The Morgan fingerprint density at radius 1 is 0.914 bits per heavy atom. The van der Waals surface area contributed by atoms with Gasteiger partial charge in [-0.2, -0.15) is 12.6 Å². The van der Waals surface area contributed by atoms with Crippen LogP contribution >= 0.6 is 12.6 Å². The number of hydrogen-bond acceptors (Lipinski definition) is 8. The lowest BCUT2D eigenvalue weighted by Crippen LogP contribution is -2.58. The molecule has 0 bridgehead atoms. The Bertz CT molecular complexity index is 910. The third-order valence-corrected chi connectivity index (χ3v) is 5.27. The molecule has 0 aliphatic carbocycles. The van der Waals surface area contributed by atoms with Crippen molar-refractivity contribution >= 4 is 42.2 Å². The molecule has 4 atom stereocenters. The lowest BCUT2D eigenvalue weighted by Gasteiger charge is -2.25. The van der Waals surface area contributed by atoms with E-state index < -0.39 is 60.2 Å².